The minimum Gasteiger partial charge on any atom is -0.460 e. The van der Waals surface area contributed by atoms with E-state index in [4.69, 9.17) is 9.47 Å². The molecule has 5 heteroatoms. The molecule has 3 heterocycles. The van der Waals surface area contributed by atoms with Crippen LogP contribution in [0.4, 0.5) is 0 Å². The Hall–Kier alpha value is -2.82. The van der Waals surface area contributed by atoms with Gasteiger partial charge in [0, 0.05) is 6.54 Å². The molecule has 5 nitrogen and oxygen atoms in total. The molecule has 0 fully saturated rings. The van der Waals surface area contributed by atoms with Gasteiger partial charge >= 0.3 is 5.97 Å². The molecule has 2 atom stereocenters. The summed E-state index contributed by atoms with van der Waals surface area (Å²) in [5.41, 5.74) is 1.69. The number of carbonyl (C=O) groups excluding carboxylic acids is 2. The summed E-state index contributed by atoms with van der Waals surface area (Å²) >= 11 is 0. The second-order valence-electron chi connectivity index (χ2n) is 10.2. The Morgan fingerprint density at radius 2 is 1.52 bits per heavy atom. The van der Waals surface area contributed by atoms with E-state index in [-0.39, 0.29) is 17.8 Å². The van der Waals surface area contributed by atoms with E-state index in [9.17, 15) is 9.59 Å². The highest BCUT2D eigenvalue weighted by molar-refractivity contribution is 5.85. The van der Waals surface area contributed by atoms with E-state index in [1.54, 1.807) is 0 Å². The van der Waals surface area contributed by atoms with Crippen LogP contribution in [0.15, 0.2) is 48.5 Å². The molecule has 3 aliphatic rings. The van der Waals surface area contributed by atoms with Gasteiger partial charge in [0.2, 0.25) is 5.91 Å². The van der Waals surface area contributed by atoms with Crippen molar-refractivity contribution in [2.24, 2.45) is 17.8 Å². The average Bonchev–Trinajstić information content (AvgIpc) is 2.73. The van der Waals surface area contributed by atoms with Crippen LogP contribution in [0.25, 0.3) is 0 Å². The summed E-state index contributed by atoms with van der Waals surface area (Å²) in [6.07, 6.45) is 2.93. The summed E-state index contributed by atoms with van der Waals surface area (Å²) in [7, 11) is 0. The van der Waals surface area contributed by atoms with Crippen molar-refractivity contribution in [3.8, 4) is 11.5 Å². The van der Waals surface area contributed by atoms with Gasteiger partial charge in [0.1, 0.15) is 17.1 Å². The van der Waals surface area contributed by atoms with E-state index in [1.165, 1.54) is 5.56 Å². The van der Waals surface area contributed by atoms with Gasteiger partial charge < -0.3 is 14.8 Å². The van der Waals surface area contributed by atoms with Crippen molar-refractivity contribution in [1.82, 2.24) is 5.32 Å². The number of aryl methyl sites for hydroxylation is 1. The number of benzene rings is 2. The largest absolute Gasteiger partial charge is 0.460 e. The maximum Gasteiger partial charge on any atom is 0.310 e. The van der Waals surface area contributed by atoms with Gasteiger partial charge in [0.05, 0.1) is 11.8 Å². The van der Waals surface area contributed by atoms with Crippen LogP contribution in [-0.2, 0) is 27.2 Å². The molecule has 1 amide bonds. The number of hydrogen-bond acceptors (Lipinski definition) is 4. The average molecular weight is 452 g/mol. The first-order valence-corrected chi connectivity index (χ1v) is 12.0. The third-order valence-electron chi connectivity index (χ3n) is 5.94. The maximum absolute atomic E-state index is 13.2. The smallest absolute Gasteiger partial charge is 0.310 e. The summed E-state index contributed by atoms with van der Waals surface area (Å²) in [6.45, 7) is 10.1. The maximum atomic E-state index is 13.2. The van der Waals surface area contributed by atoms with Gasteiger partial charge in [0.25, 0.3) is 0 Å². The van der Waals surface area contributed by atoms with E-state index < -0.39 is 17.4 Å². The van der Waals surface area contributed by atoms with Crippen molar-refractivity contribution in [3.05, 3.63) is 59.7 Å². The molecule has 0 spiro atoms. The lowest BCUT2D eigenvalue weighted by Gasteiger charge is -2.31. The van der Waals surface area contributed by atoms with Crippen molar-refractivity contribution < 1.29 is 19.1 Å². The number of nitrogens with one attached hydrogen (secondary N) is 1. The molecule has 3 aliphatic heterocycles. The van der Waals surface area contributed by atoms with Crippen LogP contribution in [0.3, 0.4) is 0 Å². The van der Waals surface area contributed by atoms with E-state index in [2.05, 4.69) is 17.4 Å². The zero-order valence-corrected chi connectivity index (χ0v) is 20.5. The summed E-state index contributed by atoms with van der Waals surface area (Å²) < 4.78 is 11.7. The first-order valence-electron chi connectivity index (χ1n) is 12.0. The van der Waals surface area contributed by atoms with Crippen LogP contribution in [-0.4, -0.2) is 24.0 Å². The quantitative estimate of drug-likeness (QED) is 0.595. The summed E-state index contributed by atoms with van der Waals surface area (Å²) in [6, 6.07) is 16.0. The van der Waals surface area contributed by atoms with Crippen molar-refractivity contribution in [2.75, 3.05) is 6.54 Å². The van der Waals surface area contributed by atoms with E-state index in [1.807, 2.05) is 71.0 Å². The van der Waals surface area contributed by atoms with Gasteiger partial charge in [-0.1, -0.05) is 38.1 Å². The Labute approximate surface area is 197 Å². The molecule has 2 aromatic rings. The molecule has 178 valence electrons. The molecule has 0 unspecified atom stereocenters. The monoisotopic (exact) mass is 451 g/mol. The zero-order chi connectivity index (χ0) is 24.0. The lowest BCUT2D eigenvalue weighted by atomic mass is 9.79. The van der Waals surface area contributed by atoms with Gasteiger partial charge in [-0.2, -0.15) is 0 Å². The Kier molecular flexibility index (Phi) is 8.17. The summed E-state index contributed by atoms with van der Waals surface area (Å²) in [4.78, 5) is 26.4. The number of esters is 1. The normalized spacial score (nSPS) is 20.0. The number of rotatable bonds is 2. The minimum absolute atomic E-state index is 0.0174. The van der Waals surface area contributed by atoms with Crippen molar-refractivity contribution >= 4 is 11.9 Å². The Morgan fingerprint density at radius 1 is 0.970 bits per heavy atom. The van der Waals surface area contributed by atoms with Crippen molar-refractivity contribution in [2.45, 2.75) is 65.9 Å². The number of fused-ring (bicyclic) bond motifs is 2. The number of amides is 1. The lowest BCUT2D eigenvalue weighted by Crippen LogP contribution is -2.43. The Bertz CT molecular complexity index is 926. The Balaban J connectivity index is 1.87. The third-order valence-corrected chi connectivity index (χ3v) is 5.94. The van der Waals surface area contributed by atoms with Crippen LogP contribution in [0.2, 0.25) is 0 Å². The fourth-order valence-corrected chi connectivity index (χ4v) is 4.33. The molecule has 5 rings (SSSR count). The van der Waals surface area contributed by atoms with Gasteiger partial charge in [-0.3, -0.25) is 9.59 Å². The SMILES string of the molecule is CC(C)[C@H]1C(=O)NCCc2ccc(cc2)Oc2ccc(cc2)CCC[C@@H]1C(=O)OC(C)(C)C. The summed E-state index contributed by atoms with van der Waals surface area (Å²) in [5, 5.41) is 3.07. The minimum atomic E-state index is -0.594. The van der Waals surface area contributed by atoms with Gasteiger partial charge in [-0.25, -0.2) is 0 Å². The standard InChI is InChI=1S/C28H37NO4/c1-19(2)25-24(27(31)33-28(3,4)5)8-6-7-20-9-13-22(14-10-20)32-23-15-11-21(12-16-23)17-18-29-26(25)30/h9-16,19,24-25H,6-8,17-18H2,1-5H3,(H,29,30)/t24-,25+/m0/s1. The molecule has 33 heavy (non-hydrogen) atoms. The fourth-order valence-electron chi connectivity index (χ4n) is 4.33. The highest BCUT2D eigenvalue weighted by atomic mass is 16.6. The van der Waals surface area contributed by atoms with Crippen LogP contribution < -0.4 is 10.1 Å². The highest BCUT2D eigenvalue weighted by Crippen LogP contribution is 2.30. The molecule has 0 radical (unpaired) electrons. The predicted molar refractivity (Wildman–Crippen MR) is 130 cm³/mol. The number of hydrogen-bond donors (Lipinski definition) is 1. The topological polar surface area (TPSA) is 64.6 Å². The second kappa shape index (κ2) is 10.9. The lowest BCUT2D eigenvalue weighted by molar-refractivity contribution is -0.165. The molecule has 0 saturated heterocycles. The number of ether oxygens (including phenoxy) is 2. The fraction of sp³-hybridized carbons (Fsp3) is 0.500. The van der Waals surface area contributed by atoms with Gasteiger partial charge in [0.15, 0.2) is 0 Å². The van der Waals surface area contributed by atoms with Gasteiger partial charge in [-0.05, 0) is 87.8 Å². The Morgan fingerprint density at radius 3 is 2.03 bits per heavy atom. The molecule has 2 aromatic carbocycles. The van der Waals surface area contributed by atoms with E-state index >= 15 is 0 Å². The summed E-state index contributed by atoms with van der Waals surface area (Å²) in [5.74, 6) is 0.324. The molecule has 0 aliphatic carbocycles. The van der Waals surface area contributed by atoms with Crippen LogP contribution >= 0.6 is 0 Å². The first kappa shape index (κ1) is 24.8. The van der Waals surface area contributed by atoms with Gasteiger partial charge in [-0.15, -0.1) is 0 Å². The predicted octanol–water partition coefficient (Wildman–Crippen LogP) is 5.70. The second-order valence-corrected chi connectivity index (χ2v) is 10.2. The molecular weight excluding hydrogens is 414 g/mol. The first-order chi connectivity index (χ1) is 15.6. The molecule has 1 N–H and O–H groups in total. The van der Waals surface area contributed by atoms with E-state index in [0.717, 1.165) is 29.9 Å². The van der Waals surface area contributed by atoms with Crippen molar-refractivity contribution in [1.29, 1.82) is 0 Å². The number of carbonyl (C=O) groups is 2. The van der Waals surface area contributed by atoms with Crippen LogP contribution in [0.1, 0.15) is 58.6 Å². The van der Waals surface area contributed by atoms with Crippen LogP contribution in [0, 0.1) is 17.8 Å². The van der Waals surface area contributed by atoms with Crippen molar-refractivity contribution in [3.63, 3.8) is 0 Å². The molecule has 0 saturated carbocycles. The molecular formula is C28H37NO4. The molecule has 4 bridgehead atoms. The molecule has 0 aromatic heterocycles. The zero-order valence-electron chi connectivity index (χ0n) is 20.5. The highest BCUT2D eigenvalue weighted by Gasteiger charge is 2.38. The van der Waals surface area contributed by atoms with Crippen LogP contribution in [0.5, 0.6) is 11.5 Å². The third kappa shape index (κ3) is 7.34. The van der Waals surface area contributed by atoms with E-state index in [0.29, 0.717) is 19.4 Å².